The monoisotopic (exact) mass is 243 g/mol. The number of Topliss-reactive ketones (excluding diaryl/α,β-unsaturated/α-hetero) is 2. The number of rotatable bonds is 1. The lowest BCUT2D eigenvalue weighted by atomic mass is 9.92. The second kappa shape index (κ2) is 4.05. The summed E-state index contributed by atoms with van der Waals surface area (Å²) in [7, 11) is 0. The zero-order valence-electron chi connectivity index (χ0n) is 9.89. The smallest absolute Gasteiger partial charge is 0.255 e. The van der Waals surface area contributed by atoms with E-state index in [1.807, 2.05) is 18.2 Å². The van der Waals surface area contributed by atoms with E-state index in [4.69, 9.17) is 0 Å². The number of carbonyl (C=O) groups excluding carboxylic acids is 3. The molecule has 1 unspecified atom stereocenters. The molecule has 4 heteroatoms. The van der Waals surface area contributed by atoms with Crippen LogP contribution in [0.1, 0.15) is 35.2 Å². The molecular formula is C14H13NO3. The largest absolute Gasteiger partial charge is 0.324 e. The fourth-order valence-corrected chi connectivity index (χ4v) is 2.72. The van der Waals surface area contributed by atoms with E-state index in [-0.39, 0.29) is 23.9 Å². The lowest BCUT2D eigenvalue weighted by Gasteiger charge is -2.29. The van der Waals surface area contributed by atoms with Crippen molar-refractivity contribution in [3.8, 4) is 0 Å². The number of benzene rings is 1. The van der Waals surface area contributed by atoms with Crippen LogP contribution in [0, 0.1) is 0 Å². The first-order valence-electron chi connectivity index (χ1n) is 6.10. The van der Waals surface area contributed by atoms with Crippen molar-refractivity contribution in [3.63, 3.8) is 0 Å². The minimum absolute atomic E-state index is 0.0135. The first-order chi connectivity index (χ1) is 8.66. The van der Waals surface area contributed by atoms with Crippen molar-refractivity contribution in [1.29, 1.82) is 0 Å². The molecule has 0 aromatic heterocycles. The van der Waals surface area contributed by atoms with Gasteiger partial charge in [0.2, 0.25) is 0 Å². The predicted molar refractivity (Wildman–Crippen MR) is 64.0 cm³/mol. The van der Waals surface area contributed by atoms with Crippen molar-refractivity contribution in [2.24, 2.45) is 0 Å². The molecule has 18 heavy (non-hydrogen) atoms. The Morgan fingerprint density at radius 1 is 1.11 bits per heavy atom. The second-order valence-corrected chi connectivity index (χ2v) is 4.83. The van der Waals surface area contributed by atoms with E-state index in [2.05, 4.69) is 0 Å². The highest BCUT2D eigenvalue weighted by molar-refractivity contribution is 6.07. The Labute approximate surface area is 105 Å². The fraction of sp³-hybridized carbons (Fsp3) is 0.357. The molecule has 1 saturated carbocycles. The summed E-state index contributed by atoms with van der Waals surface area (Å²) < 4.78 is 0. The molecule has 1 aromatic carbocycles. The quantitative estimate of drug-likeness (QED) is 0.699. The Kier molecular flexibility index (Phi) is 2.51. The lowest BCUT2D eigenvalue weighted by Crippen LogP contribution is -2.44. The SMILES string of the molecule is O=C1CCC(N2Cc3ccccc3C2=O)C(=O)C1. The zero-order chi connectivity index (χ0) is 12.7. The molecule has 0 spiro atoms. The summed E-state index contributed by atoms with van der Waals surface area (Å²) in [4.78, 5) is 36.9. The van der Waals surface area contributed by atoms with E-state index in [1.165, 1.54) is 0 Å². The molecule has 0 radical (unpaired) electrons. The lowest BCUT2D eigenvalue weighted by molar-refractivity contribution is -0.133. The number of ketones is 2. The van der Waals surface area contributed by atoms with Gasteiger partial charge in [0, 0.05) is 18.5 Å². The van der Waals surface area contributed by atoms with Gasteiger partial charge in [-0.25, -0.2) is 0 Å². The number of hydrogen-bond acceptors (Lipinski definition) is 3. The van der Waals surface area contributed by atoms with Gasteiger partial charge >= 0.3 is 0 Å². The van der Waals surface area contributed by atoms with Gasteiger partial charge in [0.15, 0.2) is 5.78 Å². The van der Waals surface area contributed by atoms with E-state index in [0.717, 1.165) is 5.56 Å². The standard InChI is InChI=1S/C14H13NO3/c16-10-5-6-12(13(17)7-10)15-8-9-3-1-2-4-11(9)14(15)18/h1-4,12H,5-8H2. The van der Waals surface area contributed by atoms with Gasteiger partial charge in [-0.2, -0.15) is 0 Å². The van der Waals surface area contributed by atoms with Crippen LogP contribution in [0.25, 0.3) is 0 Å². The Balaban J connectivity index is 1.86. The average Bonchev–Trinajstić information content (AvgIpc) is 2.68. The molecule has 1 aliphatic carbocycles. The van der Waals surface area contributed by atoms with Crippen molar-refractivity contribution < 1.29 is 14.4 Å². The first kappa shape index (κ1) is 11.1. The van der Waals surface area contributed by atoms with Gasteiger partial charge in [0.25, 0.3) is 5.91 Å². The van der Waals surface area contributed by atoms with Crippen molar-refractivity contribution in [1.82, 2.24) is 4.90 Å². The molecule has 1 heterocycles. The van der Waals surface area contributed by atoms with Gasteiger partial charge in [-0.05, 0) is 18.1 Å². The topological polar surface area (TPSA) is 54.5 Å². The summed E-state index contributed by atoms with van der Waals surface area (Å²) in [6.45, 7) is 0.486. The summed E-state index contributed by atoms with van der Waals surface area (Å²) in [6.07, 6.45) is 0.846. The van der Waals surface area contributed by atoms with Crippen LogP contribution >= 0.6 is 0 Å². The molecule has 0 bridgehead atoms. The van der Waals surface area contributed by atoms with Crippen LogP contribution in [0.3, 0.4) is 0 Å². The van der Waals surface area contributed by atoms with Crippen molar-refractivity contribution in [2.45, 2.75) is 31.8 Å². The molecule has 1 fully saturated rings. The third-order valence-corrected chi connectivity index (χ3v) is 3.67. The Morgan fingerprint density at radius 3 is 2.61 bits per heavy atom. The maximum atomic E-state index is 12.2. The molecular weight excluding hydrogens is 230 g/mol. The van der Waals surface area contributed by atoms with Crippen LogP contribution in [-0.4, -0.2) is 28.4 Å². The molecule has 1 amide bonds. The van der Waals surface area contributed by atoms with Gasteiger partial charge < -0.3 is 4.90 Å². The molecule has 0 N–H and O–H groups in total. The number of amides is 1. The van der Waals surface area contributed by atoms with E-state index < -0.39 is 6.04 Å². The molecule has 0 saturated heterocycles. The van der Waals surface area contributed by atoms with Crippen LogP contribution < -0.4 is 0 Å². The van der Waals surface area contributed by atoms with E-state index >= 15 is 0 Å². The summed E-state index contributed by atoms with van der Waals surface area (Å²) in [5, 5.41) is 0. The predicted octanol–water partition coefficient (Wildman–Crippen LogP) is 1.33. The van der Waals surface area contributed by atoms with Gasteiger partial charge in [-0.3, -0.25) is 14.4 Å². The number of nitrogens with zero attached hydrogens (tertiary/aromatic N) is 1. The van der Waals surface area contributed by atoms with Gasteiger partial charge in [0.1, 0.15) is 5.78 Å². The van der Waals surface area contributed by atoms with Crippen LogP contribution in [0.5, 0.6) is 0 Å². The van der Waals surface area contributed by atoms with E-state index in [1.54, 1.807) is 11.0 Å². The fourth-order valence-electron chi connectivity index (χ4n) is 2.72. The van der Waals surface area contributed by atoms with E-state index in [9.17, 15) is 14.4 Å². The molecule has 3 rings (SSSR count). The minimum atomic E-state index is -0.414. The maximum absolute atomic E-state index is 12.2. The maximum Gasteiger partial charge on any atom is 0.255 e. The van der Waals surface area contributed by atoms with Crippen molar-refractivity contribution in [2.75, 3.05) is 0 Å². The molecule has 1 atom stereocenters. The highest BCUT2D eigenvalue weighted by Crippen LogP contribution is 2.28. The van der Waals surface area contributed by atoms with Gasteiger partial charge in [-0.1, -0.05) is 18.2 Å². The van der Waals surface area contributed by atoms with E-state index in [0.29, 0.717) is 24.9 Å². The van der Waals surface area contributed by atoms with Crippen LogP contribution in [0.15, 0.2) is 24.3 Å². The third-order valence-electron chi connectivity index (χ3n) is 3.67. The van der Waals surface area contributed by atoms with Crippen LogP contribution in [0.2, 0.25) is 0 Å². The number of carbonyl (C=O) groups is 3. The third kappa shape index (κ3) is 1.65. The minimum Gasteiger partial charge on any atom is -0.324 e. The molecule has 92 valence electrons. The molecule has 4 nitrogen and oxygen atoms in total. The average molecular weight is 243 g/mol. The highest BCUT2D eigenvalue weighted by Gasteiger charge is 2.38. The Morgan fingerprint density at radius 2 is 1.89 bits per heavy atom. The van der Waals surface area contributed by atoms with Crippen molar-refractivity contribution >= 4 is 17.5 Å². The first-order valence-corrected chi connectivity index (χ1v) is 6.10. The second-order valence-electron chi connectivity index (χ2n) is 4.83. The number of fused-ring (bicyclic) bond motifs is 1. The van der Waals surface area contributed by atoms with Crippen LogP contribution in [-0.2, 0) is 16.1 Å². The molecule has 2 aliphatic rings. The van der Waals surface area contributed by atoms with Crippen molar-refractivity contribution in [3.05, 3.63) is 35.4 Å². The summed E-state index contributed by atoms with van der Waals surface area (Å²) in [6, 6.07) is 7.00. The Hall–Kier alpha value is -1.97. The summed E-state index contributed by atoms with van der Waals surface area (Å²) in [5.74, 6) is -0.217. The normalized spacial score (nSPS) is 23.4. The Bertz CT molecular complexity index is 550. The summed E-state index contributed by atoms with van der Waals surface area (Å²) in [5.41, 5.74) is 1.65. The molecule has 1 aliphatic heterocycles. The van der Waals surface area contributed by atoms with Gasteiger partial charge in [-0.15, -0.1) is 0 Å². The van der Waals surface area contributed by atoms with Crippen LogP contribution in [0.4, 0.5) is 0 Å². The number of hydrogen-bond donors (Lipinski definition) is 0. The summed E-state index contributed by atoms with van der Waals surface area (Å²) >= 11 is 0. The molecule has 1 aromatic rings. The zero-order valence-corrected chi connectivity index (χ0v) is 9.89. The highest BCUT2D eigenvalue weighted by atomic mass is 16.2. The van der Waals surface area contributed by atoms with Gasteiger partial charge in [0.05, 0.1) is 12.5 Å².